The van der Waals surface area contributed by atoms with Gasteiger partial charge >= 0.3 is 17.8 Å². The molecule has 7 heteroatoms. The van der Waals surface area contributed by atoms with Crippen molar-refractivity contribution in [1.82, 2.24) is 15.1 Å². The molecule has 3 atom stereocenters. The Kier molecular flexibility index (Phi) is 3.24. The summed E-state index contributed by atoms with van der Waals surface area (Å²) in [5.41, 5.74) is -0.539. The van der Waals surface area contributed by atoms with Gasteiger partial charge in [-0.1, -0.05) is 5.10 Å². The average Bonchev–Trinajstić information content (AvgIpc) is 2.95. The lowest BCUT2D eigenvalue weighted by molar-refractivity contribution is -0.208. The van der Waals surface area contributed by atoms with E-state index in [-0.39, 0.29) is 23.0 Å². The quantitative estimate of drug-likeness (QED) is 0.905. The first-order valence-electron chi connectivity index (χ1n) is 9.52. The highest BCUT2D eigenvalue weighted by molar-refractivity contribution is 5.90. The van der Waals surface area contributed by atoms with Gasteiger partial charge < -0.3 is 19.4 Å². The maximum absolute atomic E-state index is 13.0. The monoisotopic (exact) mass is 346 g/mol. The molecule has 5 rings (SSSR count). The van der Waals surface area contributed by atoms with E-state index in [0.29, 0.717) is 31.1 Å². The van der Waals surface area contributed by atoms with E-state index in [2.05, 4.69) is 29.4 Å². The predicted molar refractivity (Wildman–Crippen MR) is 90.2 cm³/mol. The van der Waals surface area contributed by atoms with E-state index in [1.54, 1.807) is 0 Å². The standard InChI is InChI=1S/C18H26N4O3/c1-17(2)9-22(10-18(25-17)8-11-3-4-12(18)7-11)15(23)14-20-21-16(24-14)19-13-5-6-13/h11-13H,3-10H2,1-2H3,(H,19,21)/t11-,12+,18+/m1/s1. The molecule has 2 bridgehead atoms. The minimum absolute atomic E-state index is 0.0826. The molecule has 4 aliphatic rings. The van der Waals surface area contributed by atoms with E-state index in [0.717, 1.165) is 25.2 Å². The number of carbonyl (C=O) groups excluding carboxylic acids is 1. The van der Waals surface area contributed by atoms with Gasteiger partial charge in [0.25, 0.3) is 0 Å². The van der Waals surface area contributed by atoms with Crippen LogP contribution in [-0.2, 0) is 4.74 Å². The molecule has 1 spiro atoms. The molecule has 0 radical (unpaired) electrons. The molecular formula is C18H26N4O3. The Morgan fingerprint density at radius 3 is 2.72 bits per heavy atom. The van der Waals surface area contributed by atoms with Crippen LogP contribution in [0.5, 0.6) is 0 Å². The Morgan fingerprint density at radius 1 is 1.20 bits per heavy atom. The second-order valence-electron chi connectivity index (χ2n) is 9.00. The molecule has 1 saturated heterocycles. The fraction of sp³-hybridized carbons (Fsp3) is 0.833. The van der Waals surface area contributed by atoms with Gasteiger partial charge in [-0.3, -0.25) is 4.79 Å². The molecule has 3 aliphatic carbocycles. The number of anilines is 1. The number of rotatable bonds is 3. The second kappa shape index (κ2) is 5.19. The molecule has 2 heterocycles. The van der Waals surface area contributed by atoms with Crippen LogP contribution in [0.15, 0.2) is 4.42 Å². The lowest BCUT2D eigenvalue weighted by Gasteiger charge is -2.51. The Hall–Kier alpha value is -1.63. The summed E-state index contributed by atoms with van der Waals surface area (Å²) in [4.78, 5) is 14.9. The molecule has 1 amide bonds. The van der Waals surface area contributed by atoms with E-state index < -0.39 is 0 Å². The van der Waals surface area contributed by atoms with Crippen molar-refractivity contribution in [3.05, 3.63) is 5.89 Å². The van der Waals surface area contributed by atoms with Crippen molar-refractivity contribution in [3.8, 4) is 0 Å². The Labute approximate surface area is 147 Å². The fourth-order valence-electron chi connectivity index (χ4n) is 5.21. The summed E-state index contributed by atoms with van der Waals surface area (Å²) in [6.07, 6.45) is 7.09. The van der Waals surface area contributed by atoms with Crippen molar-refractivity contribution in [2.75, 3.05) is 18.4 Å². The normalized spacial score (nSPS) is 36.2. The third-order valence-electron chi connectivity index (χ3n) is 6.23. The number of aromatic nitrogens is 2. The van der Waals surface area contributed by atoms with Crippen molar-refractivity contribution >= 4 is 11.9 Å². The summed E-state index contributed by atoms with van der Waals surface area (Å²) in [5.74, 6) is 1.24. The van der Waals surface area contributed by atoms with Gasteiger partial charge in [-0.2, -0.15) is 0 Å². The number of morpholine rings is 1. The van der Waals surface area contributed by atoms with Crippen molar-refractivity contribution in [3.63, 3.8) is 0 Å². The number of fused-ring (bicyclic) bond motifs is 3. The zero-order valence-electron chi connectivity index (χ0n) is 15.0. The van der Waals surface area contributed by atoms with Crippen LogP contribution < -0.4 is 5.32 Å². The highest BCUT2D eigenvalue weighted by Crippen LogP contribution is 2.55. The lowest BCUT2D eigenvalue weighted by Crippen LogP contribution is -2.62. The average molecular weight is 346 g/mol. The van der Waals surface area contributed by atoms with Crippen LogP contribution in [0.25, 0.3) is 0 Å². The van der Waals surface area contributed by atoms with Gasteiger partial charge in [0.2, 0.25) is 0 Å². The van der Waals surface area contributed by atoms with Crippen LogP contribution in [0.2, 0.25) is 0 Å². The first-order valence-corrected chi connectivity index (χ1v) is 9.52. The number of hydrogen-bond acceptors (Lipinski definition) is 6. The van der Waals surface area contributed by atoms with Gasteiger partial charge in [0.1, 0.15) is 0 Å². The minimum atomic E-state index is -0.354. The van der Waals surface area contributed by atoms with Gasteiger partial charge in [-0.05, 0) is 64.2 Å². The molecule has 25 heavy (non-hydrogen) atoms. The highest BCUT2D eigenvalue weighted by Gasteiger charge is 2.57. The molecule has 136 valence electrons. The second-order valence-corrected chi connectivity index (χ2v) is 9.00. The minimum Gasteiger partial charge on any atom is -0.399 e. The molecule has 0 unspecified atom stereocenters. The van der Waals surface area contributed by atoms with Crippen molar-refractivity contribution in [2.24, 2.45) is 11.8 Å². The summed E-state index contributed by atoms with van der Waals surface area (Å²) < 4.78 is 12.1. The lowest BCUT2D eigenvalue weighted by atomic mass is 9.81. The van der Waals surface area contributed by atoms with Gasteiger partial charge in [-0.25, -0.2) is 0 Å². The molecule has 1 aromatic heterocycles. The smallest absolute Gasteiger partial charge is 0.316 e. The van der Waals surface area contributed by atoms with Crippen molar-refractivity contribution in [2.45, 2.75) is 69.6 Å². The number of amides is 1. The van der Waals surface area contributed by atoms with Crippen molar-refractivity contribution < 1.29 is 13.9 Å². The highest BCUT2D eigenvalue weighted by atomic mass is 16.5. The van der Waals surface area contributed by atoms with Crippen LogP contribution in [0.4, 0.5) is 6.01 Å². The number of ether oxygens (including phenoxy) is 1. The molecule has 1 aliphatic heterocycles. The molecule has 3 saturated carbocycles. The third-order valence-corrected chi connectivity index (χ3v) is 6.23. The molecule has 1 aromatic rings. The number of carbonyl (C=O) groups is 1. The summed E-state index contributed by atoms with van der Waals surface area (Å²) in [5, 5.41) is 11.1. The molecule has 4 fully saturated rings. The first-order chi connectivity index (χ1) is 11.9. The van der Waals surface area contributed by atoms with E-state index >= 15 is 0 Å². The van der Waals surface area contributed by atoms with Crippen LogP contribution in [0.3, 0.4) is 0 Å². The van der Waals surface area contributed by atoms with E-state index in [1.165, 1.54) is 19.3 Å². The Morgan fingerprint density at radius 2 is 2.04 bits per heavy atom. The maximum atomic E-state index is 13.0. The largest absolute Gasteiger partial charge is 0.399 e. The van der Waals surface area contributed by atoms with Crippen LogP contribution in [0.1, 0.15) is 63.1 Å². The molecule has 1 N–H and O–H groups in total. The first kappa shape index (κ1) is 15.6. The molecule has 7 nitrogen and oxygen atoms in total. The topological polar surface area (TPSA) is 80.5 Å². The summed E-state index contributed by atoms with van der Waals surface area (Å²) in [7, 11) is 0. The van der Waals surface area contributed by atoms with Crippen LogP contribution >= 0.6 is 0 Å². The summed E-state index contributed by atoms with van der Waals surface area (Å²) in [6.45, 7) is 5.35. The fourth-order valence-corrected chi connectivity index (χ4v) is 5.21. The van der Waals surface area contributed by atoms with Crippen molar-refractivity contribution in [1.29, 1.82) is 0 Å². The maximum Gasteiger partial charge on any atom is 0.316 e. The van der Waals surface area contributed by atoms with Gasteiger partial charge in [0.15, 0.2) is 0 Å². The Bertz CT molecular complexity index is 698. The predicted octanol–water partition coefficient (Wildman–Crippen LogP) is 2.45. The van der Waals surface area contributed by atoms with Gasteiger partial charge in [-0.15, -0.1) is 5.10 Å². The van der Waals surface area contributed by atoms with E-state index in [9.17, 15) is 4.79 Å². The van der Waals surface area contributed by atoms with Gasteiger partial charge in [0, 0.05) is 12.6 Å². The van der Waals surface area contributed by atoms with E-state index in [1.807, 2.05) is 4.90 Å². The van der Waals surface area contributed by atoms with Crippen LogP contribution in [0, 0.1) is 11.8 Å². The SMILES string of the molecule is CC1(C)CN(C(=O)c2nnc(NC3CC3)o2)C[C@]2(C[C@@H]3CC[C@H]2C3)O1. The molecular weight excluding hydrogens is 320 g/mol. The zero-order chi connectivity index (χ0) is 17.2. The number of nitrogens with zero attached hydrogens (tertiary/aromatic N) is 3. The molecule has 0 aromatic carbocycles. The Balaban J connectivity index is 1.36. The van der Waals surface area contributed by atoms with Gasteiger partial charge in [0.05, 0.1) is 17.7 Å². The number of nitrogens with one attached hydrogen (secondary N) is 1. The summed E-state index contributed by atoms with van der Waals surface area (Å²) in [6, 6.07) is 0.774. The zero-order valence-corrected chi connectivity index (χ0v) is 15.0. The van der Waals surface area contributed by atoms with E-state index in [4.69, 9.17) is 9.15 Å². The summed E-state index contributed by atoms with van der Waals surface area (Å²) >= 11 is 0. The number of hydrogen-bond donors (Lipinski definition) is 1. The van der Waals surface area contributed by atoms with Crippen LogP contribution in [-0.4, -0.2) is 51.3 Å². The third kappa shape index (κ3) is 2.72.